The second-order valence-corrected chi connectivity index (χ2v) is 2.54. The molecular weight excluding hydrogens is 142 g/mol. The normalized spacial score (nSPS) is 13.4. The number of nitrogens with zero attached hydrogens (tertiary/aromatic N) is 2. The number of likely N-dealkylation sites (N-methyl/N-ethyl adjacent to an activating group) is 1. The minimum absolute atomic E-state index is 0.490. The molecule has 0 radical (unpaired) electrons. The quantitative estimate of drug-likeness (QED) is 0.591. The van der Waals surface area contributed by atoms with Crippen LogP contribution in [0.3, 0.4) is 0 Å². The Labute approximate surface area is 65.8 Å². The minimum atomic E-state index is -0.519. The number of aliphatic hydroxyl groups excluding tert-OH is 1. The zero-order valence-electron chi connectivity index (χ0n) is 6.78. The lowest BCUT2D eigenvalue weighted by molar-refractivity contribution is 0.123. The monoisotopic (exact) mass is 155 g/mol. The third-order valence-corrected chi connectivity index (χ3v) is 1.46. The van der Waals surface area contributed by atoms with E-state index in [9.17, 15) is 0 Å². The van der Waals surface area contributed by atoms with E-state index < -0.39 is 6.23 Å². The average molecular weight is 155 g/mol. The molecule has 4 heteroatoms. The number of rotatable bonds is 3. The van der Waals surface area contributed by atoms with Gasteiger partial charge in [0.05, 0.1) is 12.7 Å². The van der Waals surface area contributed by atoms with Crippen LogP contribution in [-0.4, -0.2) is 28.2 Å². The Balaban J connectivity index is 2.50. The van der Waals surface area contributed by atoms with Crippen molar-refractivity contribution in [3.05, 3.63) is 18.0 Å². The summed E-state index contributed by atoms with van der Waals surface area (Å²) in [6.07, 6.45) is 3.14. The molecule has 0 bridgehead atoms. The second-order valence-electron chi connectivity index (χ2n) is 2.54. The molecule has 1 unspecified atom stereocenters. The summed E-state index contributed by atoms with van der Waals surface area (Å²) < 4.78 is 1.70. The topological polar surface area (TPSA) is 50.1 Å². The van der Waals surface area contributed by atoms with Crippen LogP contribution in [-0.2, 0) is 6.54 Å². The molecule has 0 amide bonds. The number of nitrogens with one attached hydrogen (secondary N) is 1. The van der Waals surface area contributed by atoms with E-state index in [4.69, 9.17) is 5.11 Å². The molecule has 0 aliphatic rings. The summed E-state index contributed by atoms with van der Waals surface area (Å²) >= 11 is 0. The van der Waals surface area contributed by atoms with Gasteiger partial charge in [0.25, 0.3) is 0 Å². The fraction of sp³-hybridized carbons (Fsp3) is 0.571. The summed E-state index contributed by atoms with van der Waals surface area (Å²) in [7, 11) is 1.71. The molecule has 11 heavy (non-hydrogen) atoms. The molecule has 1 heterocycles. The van der Waals surface area contributed by atoms with Crippen molar-refractivity contribution in [2.45, 2.75) is 19.7 Å². The van der Waals surface area contributed by atoms with Gasteiger partial charge in [0.2, 0.25) is 0 Å². The Hall–Kier alpha value is -0.870. The van der Waals surface area contributed by atoms with Crippen molar-refractivity contribution in [3.8, 4) is 0 Å². The fourth-order valence-corrected chi connectivity index (χ4v) is 0.835. The molecule has 0 fully saturated rings. The Bertz CT molecular complexity index is 221. The molecule has 0 spiro atoms. The van der Waals surface area contributed by atoms with Gasteiger partial charge in [-0.2, -0.15) is 5.10 Å². The van der Waals surface area contributed by atoms with Gasteiger partial charge < -0.3 is 5.11 Å². The molecule has 2 N–H and O–H groups in total. The van der Waals surface area contributed by atoms with Crippen molar-refractivity contribution in [3.63, 3.8) is 0 Å². The maximum absolute atomic E-state index is 9.15. The van der Waals surface area contributed by atoms with E-state index >= 15 is 0 Å². The number of aryl methyl sites for hydroxylation is 1. The highest BCUT2D eigenvalue weighted by molar-refractivity contribution is 4.99. The maximum Gasteiger partial charge on any atom is 0.124 e. The molecule has 0 saturated heterocycles. The van der Waals surface area contributed by atoms with E-state index in [-0.39, 0.29) is 0 Å². The lowest BCUT2D eigenvalue weighted by Gasteiger charge is -2.07. The summed E-state index contributed by atoms with van der Waals surface area (Å²) in [6.45, 7) is 2.46. The first kappa shape index (κ1) is 8.23. The second kappa shape index (κ2) is 3.50. The van der Waals surface area contributed by atoms with Crippen LogP contribution in [0, 0.1) is 6.92 Å². The first-order valence-corrected chi connectivity index (χ1v) is 3.57. The molecule has 4 nitrogen and oxygen atoms in total. The molecule has 0 aliphatic carbocycles. The molecular formula is C7H13N3O. The Morgan fingerprint density at radius 3 is 3.00 bits per heavy atom. The highest BCUT2D eigenvalue weighted by Crippen LogP contribution is 1.94. The van der Waals surface area contributed by atoms with E-state index in [0.717, 1.165) is 5.56 Å². The zero-order chi connectivity index (χ0) is 8.27. The molecule has 1 aromatic heterocycles. The summed E-state index contributed by atoms with van der Waals surface area (Å²) in [5.74, 6) is 0. The highest BCUT2D eigenvalue weighted by atomic mass is 16.3. The van der Waals surface area contributed by atoms with E-state index in [0.29, 0.717) is 6.54 Å². The van der Waals surface area contributed by atoms with Crippen molar-refractivity contribution in [2.24, 2.45) is 0 Å². The first-order chi connectivity index (χ1) is 5.22. The fourth-order valence-electron chi connectivity index (χ4n) is 0.835. The van der Waals surface area contributed by atoms with Gasteiger partial charge >= 0.3 is 0 Å². The van der Waals surface area contributed by atoms with Crippen LogP contribution in [0.4, 0.5) is 0 Å². The molecule has 62 valence electrons. The van der Waals surface area contributed by atoms with Gasteiger partial charge in [0.1, 0.15) is 6.23 Å². The van der Waals surface area contributed by atoms with Gasteiger partial charge in [-0.25, -0.2) is 0 Å². The van der Waals surface area contributed by atoms with Crippen molar-refractivity contribution in [1.82, 2.24) is 15.1 Å². The number of aromatic nitrogens is 2. The van der Waals surface area contributed by atoms with Crippen LogP contribution >= 0.6 is 0 Å². The number of aliphatic hydroxyl groups is 1. The summed E-state index contributed by atoms with van der Waals surface area (Å²) in [6, 6.07) is 0. The minimum Gasteiger partial charge on any atom is -0.377 e. The molecule has 1 rings (SSSR count). The van der Waals surface area contributed by atoms with Crippen molar-refractivity contribution in [1.29, 1.82) is 0 Å². The SMILES string of the molecule is CNC(O)Cn1cc(C)cn1. The highest BCUT2D eigenvalue weighted by Gasteiger charge is 2.00. The third kappa shape index (κ3) is 2.32. The van der Waals surface area contributed by atoms with Crippen LogP contribution in [0.2, 0.25) is 0 Å². The van der Waals surface area contributed by atoms with Crippen LogP contribution in [0.25, 0.3) is 0 Å². The van der Waals surface area contributed by atoms with Crippen LogP contribution < -0.4 is 5.32 Å². The van der Waals surface area contributed by atoms with E-state index in [1.54, 1.807) is 17.9 Å². The number of hydrogen-bond donors (Lipinski definition) is 2. The summed E-state index contributed by atoms with van der Waals surface area (Å²) in [5.41, 5.74) is 1.10. The van der Waals surface area contributed by atoms with Crippen molar-refractivity contribution in [2.75, 3.05) is 7.05 Å². The van der Waals surface area contributed by atoms with Gasteiger partial charge in [-0.05, 0) is 19.5 Å². The van der Waals surface area contributed by atoms with E-state index in [1.807, 2.05) is 13.1 Å². The van der Waals surface area contributed by atoms with Gasteiger partial charge in [-0.3, -0.25) is 10.00 Å². The lowest BCUT2D eigenvalue weighted by Crippen LogP contribution is -2.29. The maximum atomic E-state index is 9.15. The number of hydrogen-bond acceptors (Lipinski definition) is 3. The van der Waals surface area contributed by atoms with Gasteiger partial charge in [0, 0.05) is 6.20 Å². The Morgan fingerprint density at radius 2 is 2.55 bits per heavy atom. The van der Waals surface area contributed by atoms with Gasteiger partial charge in [0.15, 0.2) is 0 Å². The zero-order valence-corrected chi connectivity index (χ0v) is 6.78. The van der Waals surface area contributed by atoms with E-state index in [2.05, 4.69) is 10.4 Å². The van der Waals surface area contributed by atoms with E-state index in [1.165, 1.54) is 0 Å². The molecule has 0 aliphatic heterocycles. The first-order valence-electron chi connectivity index (χ1n) is 3.57. The largest absolute Gasteiger partial charge is 0.377 e. The van der Waals surface area contributed by atoms with Gasteiger partial charge in [-0.15, -0.1) is 0 Å². The predicted octanol–water partition coefficient (Wildman–Crippen LogP) is -0.271. The molecule has 1 atom stereocenters. The average Bonchev–Trinajstić information content (AvgIpc) is 2.35. The summed E-state index contributed by atoms with van der Waals surface area (Å²) in [5, 5.41) is 15.9. The lowest BCUT2D eigenvalue weighted by atomic mass is 10.4. The van der Waals surface area contributed by atoms with Crippen LogP contribution in [0.5, 0.6) is 0 Å². The summed E-state index contributed by atoms with van der Waals surface area (Å²) in [4.78, 5) is 0. The Morgan fingerprint density at radius 1 is 1.82 bits per heavy atom. The van der Waals surface area contributed by atoms with Crippen LogP contribution in [0.15, 0.2) is 12.4 Å². The predicted molar refractivity (Wildman–Crippen MR) is 42.0 cm³/mol. The molecule has 0 aromatic carbocycles. The smallest absolute Gasteiger partial charge is 0.124 e. The Kier molecular flexibility index (Phi) is 2.62. The standard InChI is InChI=1S/C7H13N3O/c1-6-3-9-10(4-6)5-7(11)8-2/h3-4,7-8,11H,5H2,1-2H3. The third-order valence-electron chi connectivity index (χ3n) is 1.46. The van der Waals surface area contributed by atoms with Gasteiger partial charge in [-0.1, -0.05) is 0 Å². The van der Waals surface area contributed by atoms with Crippen molar-refractivity contribution >= 4 is 0 Å². The molecule has 0 saturated carbocycles. The van der Waals surface area contributed by atoms with Crippen LogP contribution in [0.1, 0.15) is 5.56 Å². The molecule has 1 aromatic rings. The van der Waals surface area contributed by atoms with Crippen molar-refractivity contribution < 1.29 is 5.11 Å².